The van der Waals surface area contributed by atoms with Gasteiger partial charge in [-0.1, -0.05) is 0 Å². The average molecular weight is 290 g/mol. The van der Waals surface area contributed by atoms with Gasteiger partial charge in [0.15, 0.2) is 0 Å². The van der Waals surface area contributed by atoms with Crippen LogP contribution in [0.1, 0.15) is 12.8 Å². The average Bonchev–Trinajstić information content (AvgIpc) is 2.88. The van der Waals surface area contributed by atoms with E-state index >= 15 is 0 Å². The van der Waals surface area contributed by atoms with E-state index in [0.717, 1.165) is 12.8 Å². The minimum Gasteiger partial charge on any atom is -0.497 e. The molecule has 1 heterocycles. The summed E-state index contributed by atoms with van der Waals surface area (Å²) in [5.74, 6) is 0.985. The Labute approximate surface area is 113 Å². The Kier molecular flexibility index (Phi) is 4.14. The Morgan fingerprint density at radius 3 is 2.61 bits per heavy atom. The highest BCUT2D eigenvalue weighted by molar-refractivity contribution is 7.89. The fraction of sp³-hybridized carbons (Fsp3) is 0.500. The summed E-state index contributed by atoms with van der Waals surface area (Å²) >= 11 is 5.82. The fourth-order valence-corrected chi connectivity index (χ4v) is 4.26. The van der Waals surface area contributed by atoms with Crippen molar-refractivity contribution in [2.45, 2.75) is 23.8 Å². The Bertz CT molecular complexity index is 501. The van der Waals surface area contributed by atoms with Crippen LogP contribution in [0.5, 0.6) is 5.75 Å². The lowest BCUT2D eigenvalue weighted by molar-refractivity contribution is 0.409. The Morgan fingerprint density at radius 1 is 1.39 bits per heavy atom. The first-order valence-electron chi connectivity index (χ1n) is 5.81. The maximum absolute atomic E-state index is 12.4. The summed E-state index contributed by atoms with van der Waals surface area (Å²) < 4.78 is 31.4. The molecule has 6 heteroatoms. The molecular weight excluding hydrogens is 274 g/mol. The zero-order valence-corrected chi connectivity index (χ0v) is 11.7. The highest BCUT2D eigenvalue weighted by atomic mass is 35.5. The van der Waals surface area contributed by atoms with E-state index in [4.69, 9.17) is 16.3 Å². The van der Waals surface area contributed by atoms with Crippen molar-refractivity contribution in [3.63, 3.8) is 0 Å². The molecule has 0 aliphatic carbocycles. The van der Waals surface area contributed by atoms with Gasteiger partial charge in [0, 0.05) is 18.5 Å². The van der Waals surface area contributed by atoms with Gasteiger partial charge in [-0.2, -0.15) is 4.31 Å². The van der Waals surface area contributed by atoms with Crippen LogP contribution in [-0.4, -0.2) is 38.3 Å². The number of benzene rings is 1. The van der Waals surface area contributed by atoms with E-state index in [1.807, 2.05) is 0 Å². The molecule has 1 fully saturated rings. The van der Waals surface area contributed by atoms with Gasteiger partial charge < -0.3 is 4.74 Å². The van der Waals surface area contributed by atoms with Gasteiger partial charge in [-0.25, -0.2) is 8.42 Å². The summed E-state index contributed by atoms with van der Waals surface area (Å²) in [4.78, 5) is 0.292. The predicted molar refractivity (Wildman–Crippen MR) is 70.6 cm³/mol. The zero-order valence-electron chi connectivity index (χ0n) is 10.2. The molecule has 1 aromatic rings. The Morgan fingerprint density at radius 2 is 2.06 bits per heavy atom. The molecule has 0 spiro atoms. The lowest BCUT2D eigenvalue weighted by Gasteiger charge is -2.22. The van der Waals surface area contributed by atoms with Crippen LogP contribution < -0.4 is 4.74 Å². The molecule has 1 aliphatic rings. The van der Waals surface area contributed by atoms with Gasteiger partial charge in [0.1, 0.15) is 5.75 Å². The van der Waals surface area contributed by atoms with Crippen molar-refractivity contribution in [2.75, 3.05) is 19.5 Å². The molecular formula is C12H16ClNO3S. The fourth-order valence-electron chi connectivity index (χ4n) is 2.16. The molecule has 4 nitrogen and oxygen atoms in total. The van der Waals surface area contributed by atoms with E-state index in [0.29, 0.717) is 23.1 Å². The third-order valence-corrected chi connectivity index (χ3v) is 5.49. The van der Waals surface area contributed by atoms with Crippen molar-refractivity contribution in [3.05, 3.63) is 24.3 Å². The van der Waals surface area contributed by atoms with Crippen molar-refractivity contribution in [1.29, 1.82) is 0 Å². The monoisotopic (exact) mass is 289 g/mol. The van der Waals surface area contributed by atoms with Crippen LogP contribution in [0.3, 0.4) is 0 Å². The van der Waals surface area contributed by atoms with Crippen LogP contribution in [0.25, 0.3) is 0 Å². The van der Waals surface area contributed by atoms with Crippen LogP contribution in [-0.2, 0) is 10.0 Å². The van der Waals surface area contributed by atoms with E-state index in [1.165, 1.54) is 4.31 Å². The minimum atomic E-state index is -3.43. The molecule has 0 N–H and O–H groups in total. The van der Waals surface area contributed by atoms with Crippen LogP contribution in [0.15, 0.2) is 29.2 Å². The predicted octanol–water partition coefficient (Wildman–Crippen LogP) is 2.09. The number of hydrogen-bond acceptors (Lipinski definition) is 3. The van der Waals surface area contributed by atoms with Crippen molar-refractivity contribution in [1.82, 2.24) is 4.31 Å². The van der Waals surface area contributed by atoms with E-state index < -0.39 is 10.0 Å². The summed E-state index contributed by atoms with van der Waals surface area (Å²) in [6.45, 7) is 0.547. The number of sulfonamides is 1. The molecule has 100 valence electrons. The highest BCUT2D eigenvalue weighted by Gasteiger charge is 2.34. The SMILES string of the molecule is COc1ccc(S(=O)(=O)N2CCCC2CCl)cc1. The molecule has 0 saturated carbocycles. The van der Waals surface area contributed by atoms with Gasteiger partial charge in [-0.3, -0.25) is 0 Å². The lowest BCUT2D eigenvalue weighted by Crippen LogP contribution is -2.36. The largest absolute Gasteiger partial charge is 0.497 e. The van der Waals surface area contributed by atoms with Gasteiger partial charge in [-0.15, -0.1) is 11.6 Å². The molecule has 1 unspecified atom stereocenters. The van der Waals surface area contributed by atoms with Crippen molar-refractivity contribution < 1.29 is 13.2 Å². The van der Waals surface area contributed by atoms with Gasteiger partial charge in [0.25, 0.3) is 0 Å². The van der Waals surface area contributed by atoms with E-state index in [-0.39, 0.29) is 6.04 Å². The zero-order chi connectivity index (χ0) is 13.2. The van der Waals surface area contributed by atoms with Gasteiger partial charge in [-0.05, 0) is 37.1 Å². The minimum absolute atomic E-state index is 0.0845. The first kappa shape index (κ1) is 13.6. The molecule has 0 radical (unpaired) electrons. The molecule has 1 aromatic carbocycles. The number of rotatable bonds is 4. The third-order valence-electron chi connectivity index (χ3n) is 3.17. The van der Waals surface area contributed by atoms with E-state index in [2.05, 4.69) is 0 Å². The first-order chi connectivity index (χ1) is 8.59. The van der Waals surface area contributed by atoms with Gasteiger partial charge in [0.05, 0.1) is 12.0 Å². The Hall–Kier alpha value is -0.780. The third kappa shape index (κ3) is 2.48. The summed E-state index contributed by atoms with van der Waals surface area (Å²) in [5, 5.41) is 0. The van der Waals surface area contributed by atoms with Crippen molar-refractivity contribution in [2.24, 2.45) is 0 Å². The molecule has 0 bridgehead atoms. The van der Waals surface area contributed by atoms with Crippen LogP contribution in [0, 0.1) is 0 Å². The quantitative estimate of drug-likeness (QED) is 0.798. The topological polar surface area (TPSA) is 46.6 Å². The number of alkyl halides is 1. The first-order valence-corrected chi connectivity index (χ1v) is 7.79. The second-order valence-electron chi connectivity index (χ2n) is 4.24. The highest BCUT2D eigenvalue weighted by Crippen LogP contribution is 2.27. The summed E-state index contributed by atoms with van der Waals surface area (Å²) in [5.41, 5.74) is 0. The number of halogens is 1. The number of ether oxygens (including phenoxy) is 1. The van der Waals surface area contributed by atoms with E-state index in [1.54, 1.807) is 31.4 Å². The van der Waals surface area contributed by atoms with Gasteiger partial charge >= 0.3 is 0 Å². The maximum atomic E-state index is 12.4. The number of hydrogen-bond donors (Lipinski definition) is 0. The second-order valence-corrected chi connectivity index (χ2v) is 6.44. The number of methoxy groups -OCH3 is 1. The summed E-state index contributed by atoms with van der Waals surface area (Å²) in [6.07, 6.45) is 1.70. The molecule has 1 saturated heterocycles. The van der Waals surface area contributed by atoms with Crippen LogP contribution in [0.2, 0.25) is 0 Å². The smallest absolute Gasteiger partial charge is 0.243 e. The molecule has 1 atom stereocenters. The standard InChI is InChI=1S/C12H16ClNO3S/c1-17-11-4-6-12(7-5-11)18(15,16)14-8-2-3-10(14)9-13/h4-7,10H,2-3,8-9H2,1H3. The Balaban J connectivity index is 2.29. The molecule has 1 aliphatic heterocycles. The van der Waals surface area contributed by atoms with Crippen LogP contribution in [0.4, 0.5) is 0 Å². The van der Waals surface area contributed by atoms with Crippen LogP contribution >= 0.6 is 11.6 Å². The summed E-state index contributed by atoms with van der Waals surface area (Å²) in [7, 11) is -1.88. The molecule has 0 amide bonds. The van der Waals surface area contributed by atoms with E-state index in [9.17, 15) is 8.42 Å². The number of nitrogens with zero attached hydrogens (tertiary/aromatic N) is 1. The second kappa shape index (κ2) is 5.47. The molecule has 0 aromatic heterocycles. The summed E-state index contributed by atoms with van der Waals surface area (Å²) in [6, 6.07) is 6.35. The lowest BCUT2D eigenvalue weighted by atomic mass is 10.3. The molecule has 2 rings (SSSR count). The molecule has 18 heavy (non-hydrogen) atoms. The maximum Gasteiger partial charge on any atom is 0.243 e. The van der Waals surface area contributed by atoms with Gasteiger partial charge in [0.2, 0.25) is 10.0 Å². The normalized spacial score (nSPS) is 21.1. The van der Waals surface area contributed by atoms with Crippen molar-refractivity contribution >= 4 is 21.6 Å². The van der Waals surface area contributed by atoms with Crippen molar-refractivity contribution in [3.8, 4) is 5.75 Å².